The minimum Gasteiger partial charge on any atom is -0.459 e. The van der Waals surface area contributed by atoms with Crippen molar-refractivity contribution in [3.63, 3.8) is 0 Å². The molecule has 5 heteroatoms. The third-order valence-electron chi connectivity index (χ3n) is 2.84. The summed E-state index contributed by atoms with van der Waals surface area (Å²) >= 11 is 5.81. The van der Waals surface area contributed by atoms with Gasteiger partial charge in [-0.3, -0.25) is 4.79 Å². The summed E-state index contributed by atoms with van der Waals surface area (Å²) in [6, 6.07) is 13.3. The van der Waals surface area contributed by atoms with Crippen molar-refractivity contribution in [3.05, 3.63) is 64.7 Å². The normalized spacial score (nSPS) is 10.4. The molecule has 0 unspecified atom stereocenters. The predicted molar refractivity (Wildman–Crippen MR) is 86.4 cm³/mol. The first kappa shape index (κ1) is 16.0. The monoisotopic (exact) mass is 317 g/mol. The summed E-state index contributed by atoms with van der Waals surface area (Å²) in [4.78, 5) is 24.4. The Labute approximate surface area is 134 Å². The molecule has 22 heavy (non-hydrogen) atoms. The van der Waals surface area contributed by atoms with Crippen molar-refractivity contribution < 1.29 is 14.3 Å². The number of amides is 1. The first-order chi connectivity index (χ1) is 10.5. The smallest absolute Gasteiger partial charge is 0.339 e. The number of hydrogen-bond donors (Lipinski definition) is 1. The third kappa shape index (κ3) is 4.09. The van der Waals surface area contributed by atoms with Gasteiger partial charge in [0.1, 0.15) is 0 Å². The number of halogens is 1. The van der Waals surface area contributed by atoms with E-state index in [0.717, 1.165) is 0 Å². The van der Waals surface area contributed by atoms with Gasteiger partial charge in [0.15, 0.2) is 0 Å². The molecule has 0 fully saturated rings. The lowest BCUT2D eigenvalue weighted by atomic mass is 10.1. The van der Waals surface area contributed by atoms with E-state index in [0.29, 0.717) is 10.7 Å². The van der Waals surface area contributed by atoms with Crippen LogP contribution in [0.3, 0.4) is 0 Å². The van der Waals surface area contributed by atoms with Gasteiger partial charge in [0.05, 0.1) is 17.2 Å². The largest absolute Gasteiger partial charge is 0.459 e. The minimum absolute atomic E-state index is 0.239. The van der Waals surface area contributed by atoms with Crippen molar-refractivity contribution in [1.82, 2.24) is 0 Å². The second-order valence-corrected chi connectivity index (χ2v) is 5.40. The van der Waals surface area contributed by atoms with E-state index < -0.39 is 5.97 Å². The van der Waals surface area contributed by atoms with E-state index >= 15 is 0 Å². The minimum atomic E-state index is -0.517. The fourth-order valence-electron chi connectivity index (χ4n) is 1.87. The number of rotatable bonds is 4. The second kappa shape index (κ2) is 7.09. The molecule has 2 rings (SSSR count). The van der Waals surface area contributed by atoms with Gasteiger partial charge in [0.2, 0.25) is 0 Å². The fourth-order valence-corrected chi connectivity index (χ4v) is 1.99. The molecule has 2 aromatic rings. The molecule has 0 heterocycles. The van der Waals surface area contributed by atoms with Crippen LogP contribution in [0.5, 0.6) is 0 Å². The Hall–Kier alpha value is -2.33. The molecule has 2 aromatic carbocycles. The van der Waals surface area contributed by atoms with Crippen LogP contribution in [0, 0.1) is 0 Å². The number of benzene rings is 2. The Morgan fingerprint density at radius 1 is 1.00 bits per heavy atom. The second-order valence-electron chi connectivity index (χ2n) is 4.96. The molecule has 1 amide bonds. The highest BCUT2D eigenvalue weighted by atomic mass is 35.5. The Balaban J connectivity index is 2.22. The van der Waals surface area contributed by atoms with Gasteiger partial charge < -0.3 is 10.1 Å². The maximum atomic E-state index is 12.4. The Kier molecular flexibility index (Phi) is 5.17. The first-order valence-corrected chi connectivity index (χ1v) is 7.22. The number of nitrogens with one attached hydrogen (secondary N) is 1. The summed E-state index contributed by atoms with van der Waals surface area (Å²) in [6.07, 6.45) is -0.250. The van der Waals surface area contributed by atoms with Crippen LogP contribution in [0.1, 0.15) is 34.6 Å². The van der Waals surface area contributed by atoms with E-state index in [4.69, 9.17) is 16.3 Å². The first-order valence-electron chi connectivity index (χ1n) is 6.84. The van der Waals surface area contributed by atoms with Crippen molar-refractivity contribution in [1.29, 1.82) is 0 Å². The molecule has 4 nitrogen and oxygen atoms in total. The molecule has 114 valence electrons. The van der Waals surface area contributed by atoms with Crippen LogP contribution in [0.15, 0.2) is 48.5 Å². The number of carbonyl (C=O) groups excluding carboxylic acids is 2. The Morgan fingerprint density at radius 2 is 1.59 bits per heavy atom. The van der Waals surface area contributed by atoms with Crippen LogP contribution in [0.4, 0.5) is 5.69 Å². The molecule has 0 aliphatic rings. The SMILES string of the molecule is CC(C)OC(=O)c1ccccc1C(=O)Nc1ccc(Cl)cc1. The van der Waals surface area contributed by atoms with E-state index in [2.05, 4.69) is 5.32 Å². The lowest BCUT2D eigenvalue weighted by Crippen LogP contribution is -2.19. The summed E-state index contributed by atoms with van der Waals surface area (Å²) < 4.78 is 5.16. The summed E-state index contributed by atoms with van der Waals surface area (Å²) in [5.41, 5.74) is 1.10. The Morgan fingerprint density at radius 3 is 2.18 bits per heavy atom. The van der Waals surface area contributed by atoms with E-state index in [9.17, 15) is 9.59 Å². The summed E-state index contributed by atoms with van der Waals surface area (Å²) in [5.74, 6) is -0.893. The van der Waals surface area contributed by atoms with Crippen LogP contribution in [0.25, 0.3) is 0 Å². The van der Waals surface area contributed by atoms with Gasteiger partial charge in [0, 0.05) is 10.7 Å². The zero-order chi connectivity index (χ0) is 16.1. The zero-order valence-corrected chi connectivity index (χ0v) is 13.1. The van der Waals surface area contributed by atoms with Gasteiger partial charge >= 0.3 is 5.97 Å². The number of esters is 1. The maximum Gasteiger partial charge on any atom is 0.339 e. The van der Waals surface area contributed by atoms with Gasteiger partial charge in [-0.15, -0.1) is 0 Å². The molecular weight excluding hydrogens is 302 g/mol. The highest BCUT2D eigenvalue weighted by Gasteiger charge is 2.18. The van der Waals surface area contributed by atoms with Gasteiger partial charge in [-0.2, -0.15) is 0 Å². The highest BCUT2D eigenvalue weighted by molar-refractivity contribution is 6.30. The van der Waals surface area contributed by atoms with Gasteiger partial charge in [-0.05, 0) is 50.2 Å². The molecule has 0 radical (unpaired) electrons. The predicted octanol–water partition coefficient (Wildman–Crippen LogP) is 4.16. The molecule has 0 spiro atoms. The molecule has 0 atom stereocenters. The molecule has 0 saturated carbocycles. The van der Waals surface area contributed by atoms with E-state index in [1.807, 2.05) is 0 Å². The molecule has 0 saturated heterocycles. The van der Waals surface area contributed by atoms with E-state index in [-0.39, 0.29) is 23.1 Å². The van der Waals surface area contributed by atoms with Gasteiger partial charge in [-0.25, -0.2) is 4.79 Å². The zero-order valence-electron chi connectivity index (χ0n) is 12.3. The van der Waals surface area contributed by atoms with E-state index in [1.54, 1.807) is 62.4 Å². The average Bonchev–Trinajstić information content (AvgIpc) is 2.49. The topological polar surface area (TPSA) is 55.4 Å². The summed E-state index contributed by atoms with van der Waals surface area (Å²) in [7, 11) is 0. The van der Waals surface area contributed by atoms with Gasteiger partial charge in [0.25, 0.3) is 5.91 Å². The van der Waals surface area contributed by atoms with Crippen molar-refractivity contribution in [3.8, 4) is 0 Å². The number of carbonyl (C=O) groups is 2. The van der Waals surface area contributed by atoms with Crippen LogP contribution < -0.4 is 5.32 Å². The molecule has 1 N–H and O–H groups in total. The molecule has 0 aliphatic carbocycles. The van der Waals surface area contributed by atoms with Crippen molar-refractivity contribution in [2.45, 2.75) is 20.0 Å². The van der Waals surface area contributed by atoms with Crippen molar-refractivity contribution in [2.24, 2.45) is 0 Å². The lowest BCUT2D eigenvalue weighted by Gasteiger charge is -2.12. The van der Waals surface area contributed by atoms with Gasteiger partial charge in [-0.1, -0.05) is 23.7 Å². The summed E-state index contributed by atoms with van der Waals surface area (Å²) in [6.45, 7) is 3.52. The number of hydrogen-bond acceptors (Lipinski definition) is 3. The highest BCUT2D eigenvalue weighted by Crippen LogP contribution is 2.17. The van der Waals surface area contributed by atoms with Crippen LogP contribution in [-0.4, -0.2) is 18.0 Å². The number of ether oxygens (including phenoxy) is 1. The fraction of sp³-hybridized carbons (Fsp3) is 0.176. The molecule has 0 aromatic heterocycles. The molecular formula is C17H16ClNO3. The van der Waals surface area contributed by atoms with Crippen molar-refractivity contribution >= 4 is 29.2 Å². The average molecular weight is 318 g/mol. The molecule has 0 aliphatic heterocycles. The third-order valence-corrected chi connectivity index (χ3v) is 3.09. The number of anilines is 1. The van der Waals surface area contributed by atoms with Crippen LogP contribution >= 0.6 is 11.6 Å². The quantitative estimate of drug-likeness (QED) is 0.861. The van der Waals surface area contributed by atoms with E-state index in [1.165, 1.54) is 0 Å². The maximum absolute atomic E-state index is 12.4. The van der Waals surface area contributed by atoms with Crippen LogP contribution in [0.2, 0.25) is 5.02 Å². The Bertz CT molecular complexity index is 681. The van der Waals surface area contributed by atoms with Crippen molar-refractivity contribution in [2.75, 3.05) is 5.32 Å². The lowest BCUT2D eigenvalue weighted by molar-refractivity contribution is 0.0375. The standard InChI is InChI=1S/C17H16ClNO3/c1-11(2)22-17(21)15-6-4-3-5-14(15)16(20)19-13-9-7-12(18)8-10-13/h3-11H,1-2H3,(H,19,20). The molecule has 0 bridgehead atoms. The summed E-state index contributed by atoms with van der Waals surface area (Å²) in [5, 5.41) is 3.31. The van der Waals surface area contributed by atoms with Crippen LogP contribution in [-0.2, 0) is 4.74 Å².